The number of carbonyl (C=O) groups excluding carboxylic acids is 1. The van der Waals surface area contributed by atoms with Gasteiger partial charge in [0.15, 0.2) is 0 Å². The molecule has 3 heterocycles. The molecule has 1 atom stereocenters. The highest BCUT2D eigenvalue weighted by atomic mass is 16.6. The quantitative estimate of drug-likeness (QED) is 0.663. The number of ether oxygens (including phenoxy) is 1. The molecule has 0 N–H and O–H groups in total. The molecule has 0 radical (unpaired) electrons. The molecular formula is C24H30N4O3. The van der Waals surface area contributed by atoms with Crippen LogP contribution in [0.2, 0.25) is 0 Å². The summed E-state index contributed by atoms with van der Waals surface area (Å²) < 4.78 is 10.0. The SMILES string of the molecule is CC1=C2COC(=O)C2=CCC1(C)CCN1CCN(CCc2ccc3nonc3c2)CC1. The maximum atomic E-state index is 11.8. The van der Waals surface area contributed by atoms with Crippen molar-refractivity contribution in [1.82, 2.24) is 20.1 Å². The van der Waals surface area contributed by atoms with Crippen molar-refractivity contribution in [2.24, 2.45) is 5.41 Å². The molecule has 1 unspecified atom stereocenters. The molecule has 2 saturated heterocycles. The molecule has 1 aromatic carbocycles. The molecule has 2 aliphatic heterocycles. The third kappa shape index (κ3) is 4.04. The van der Waals surface area contributed by atoms with Gasteiger partial charge >= 0.3 is 5.97 Å². The number of carbonyl (C=O) groups is 1. The number of hydrogen-bond acceptors (Lipinski definition) is 7. The highest BCUT2D eigenvalue weighted by Gasteiger charge is 2.37. The van der Waals surface area contributed by atoms with Crippen molar-refractivity contribution in [2.45, 2.75) is 33.1 Å². The second-order valence-corrected chi connectivity index (χ2v) is 9.33. The summed E-state index contributed by atoms with van der Waals surface area (Å²) in [4.78, 5) is 17.0. The lowest BCUT2D eigenvalue weighted by Gasteiger charge is -2.39. The number of aromatic nitrogens is 2. The maximum absolute atomic E-state index is 11.8. The summed E-state index contributed by atoms with van der Waals surface area (Å²) in [7, 11) is 0. The number of hydrogen-bond donors (Lipinski definition) is 0. The monoisotopic (exact) mass is 422 g/mol. The average Bonchev–Trinajstić information content (AvgIpc) is 3.41. The topological polar surface area (TPSA) is 71.7 Å². The fraction of sp³-hybridized carbons (Fsp3) is 0.542. The molecule has 31 heavy (non-hydrogen) atoms. The van der Waals surface area contributed by atoms with Gasteiger partial charge in [0.1, 0.15) is 17.6 Å². The first kappa shape index (κ1) is 20.4. The molecule has 1 aromatic heterocycles. The fourth-order valence-electron chi connectivity index (χ4n) is 4.98. The lowest BCUT2D eigenvalue weighted by molar-refractivity contribution is -0.135. The maximum Gasteiger partial charge on any atom is 0.338 e. The minimum Gasteiger partial charge on any atom is -0.457 e. The van der Waals surface area contributed by atoms with Crippen LogP contribution in [0.4, 0.5) is 0 Å². The fourth-order valence-corrected chi connectivity index (χ4v) is 4.98. The van der Waals surface area contributed by atoms with Crippen LogP contribution in [0.1, 0.15) is 32.3 Å². The number of esters is 1. The van der Waals surface area contributed by atoms with Crippen LogP contribution in [-0.2, 0) is 16.0 Å². The molecule has 7 nitrogen and oxygen atoms in total. The van der Waals surface area contributed by atoms with Crippen LogP contribution in [0.3, 0.4) is 0 Å². The molecule has 1 aliphatic carbocycles. The first-order valence-electron chi connectivity index (χ1n) is 11.3. The van der Waals surface area contributed by atoms with E-state index >= 15 is 0 Å². The van der Waals surface area contributed by atoms with E-state index in [1.807, 2.05) is 6.07 Å². The third-order valence-corrected chi connectivity index (χ3v) is 7.49. The van der Waals surface area contributed by atoms with Gasteiger partial charge in [-0.2, -0.15) is 0 Å². The molecule has 2 aromatic rings. The summed E-state index contributed by atoms with van der Waals surface area (Å²) >= 11 is 0. The Balaban J connectivity index is 1.09. The molecule has 0 saturated carbocycles. The Hall–Kier alpha value is -2.51. The normalized spacial score (nSPS) is 25.1. The molecule has 7 heteroatoms. The van der Waals surface area contributed by atoms with E-state index in [0.717, 1.165) is 80.7 Å². The van der Waals surface area contributed by atoms with Gasteiger partial charge < -0.3 is 14.5 Å². The summed E-state index contributed by atoms with van der Waals surface area (Å²) in [6.07, 6.45) is 5.16. The number of cyclic esters (lactones) is 1. The second kappa shape index (κ2) is 8.20. The van der Waals surface area contributed by atoms with Gasteiger partial charge in [-0.3, -0.25) is 0 Å². The predicted molar refractivity (Wildman–Crippen MR) is 117 cm³/mol. The van der Waals surface area contributed by atoms with Crippen molar-refractivity contribution >= 4 is 17.0 Å². The molecular weight excluding hydrogens is 392 g/mol. The Labute approximate surface area is 182 Å². The summed E-state index contributed by atoms with van der Waals surface area (Å²) in [6.45, 7) is 11.6. The Morgan fingerprint density at radius 3 is 2.61 bits per heavy atom. The van der Waals surface area contributed by atoms with Gasteiger partial charge in [-0.25, -0.2) is 9.42 Å². The first-order chi connectivity index (χ1) is 15.0. The number of allylic oxidation sites excluding steroid dienone is 2. The van der Waals surface area contributed by atoms with Crippen LogP contribution in [0, 0.1) is 5.41 Å². The smallest absolute Gasteiger partial charge is 0.338 e. The van der Waals surface area contributed by atoms with E-state index in [1.54, 1.807) is 0 Å². The van der Waals surface area contributed by atoms with Gasteiger partial charge in [0.2, 0.25) is 0 Å². The third-order valence-electron chi connectivity index (χ3n) is 7.49. The van der Waals surface area contributed by atoms with Gasteiger partial charge in [0, 0.05) is 38.3 Å². The lowest BCUT2D eigenvalue weighted by atomic mass is 9.71. The number of fused-ring (bicyclic) bond motifs is 2. The Morgan fingerprint density at radius 1 is 1.06 bits per heavy atom. The lowest BCUT2D eigenvalue weighted by Crippen LogP contribution is -2.47. The van der Waals surface area contributed by atoms with Crippen molar-refractivity contribution < 1.29 is 14.2 Å². The van der Waals surface area contributed by atoms with E-state index in [2.05, 4.69) is 52.2 Å². The van der Waals surface area contributed by atoms with E-state index < -0.39 is 0 Å². The molecule has 0 amide bonds. The van der Waals surface area contributed by atoms with E-state index in [1.165, 1.54) is 11.1 Å². The first-order valence-corrected chi connectivity index (χ1v) is 11.3. The number of benzene rings is 1. The van der Waals surface area contributed by atoms with E-state index in [-0.39, 0.29) is 11.4 Å². The highest BCUT2D eigenvalue weighted by molar-refractivity contribution is 5.97. The van der Waals surface area contributed by atoms with Crippen LogP contribution in [0.25, 0.3) is 11.0 Å². The Morgan fingerprint density at radius 2 is 1.81 bits per heavy atom. The largest absolute Gasteiger partial charge is 0.457 e. The summed E-state index contributed by atoms with van der Waals surface area (Å²) in [5.74, 6) is -0.148. The zero-order valence-corrected chi connectivity index (χ0v) is 18.4. The second-order valence-electron chi connectivity index (χ2n) is 9.33. The molecule has 5 rings (SSSR count). The highest BCUT2D eigenvalue weighted by Crippen LogP contribution is 2.44. The van der Waals surface area contributed by atoms with Crippen LogP contribution >= 0.6 is 0 Å². The van der Waals surface area contributed by atoms with Crippen molar-refractivity contribution in [3.05, 3.63) is 46.6 Å². The molecule has 0 bridgehead atoms. The summed E-state index contributed by atoms with van der Waals surface area (Å²) in [5, 5.41) is 7.81. The number of rotatable bonds is 6. The van der Waals surface area contributed by atoms with Crippen LogP contribution in [0.15, 0.2) is 45.6 Å². The van der Waals surface area contributed by atoms with Gasteiger partial charge in [-0.15, -0.1) is 0 Å². The summed E-state index contributed by atoms with van der Waals surface area (Å²) in [5.41, 5.74) is 6.33. The Bertz CT molecular complexity index is 1050. The van der Waals surface area contributed by atoms with Crippen molar-refractivity contribution in [2.75, 3.05) is 45.9 Å². The minimum atomic E-state index is -0.148. The summed E-state index contributed by atoms with van der Waals surface area (Å²) in [6, 6.07) is 6.17. The average molecular weight is 423 g/mol. The van der Waals surface area contributed by atoms with E-state index in [9.17, 15) is 4.79 Å². The predicted octanol–water partition coefficient (Wildman–Crippen LogP) is 2.98. The zero-order chi connectivity index (χ0) is 21.4. The van der Waals surface area contributed by atoms with Gasteiger partial charge in [-0.1, -0.05) is 24.6 Å². The van der Waals surface area contributed by atoms with Crippen molar-refractivity contribution in [3.8, 4) is 0 Å². The standard InChI is InChI=1S/C24H30N4O3/c1-17-20-16-30-23(29)19(20)5-7-24(17,2)8-10-28-13-11-27(12-14-28)9-6-18-3-4-21-22(15-18)26-31-25-21/h3-5,15H,6-14,16H2,1-2H3. The van der Waals surface area contributed by atoms with Gasteiger partial charge in [0.05, 0.1) is 5.57 Å². The van der Waals surface area contributed by atoms with Gasteiger partial charge in [-0.05, 0) is 66.2 Å². The van der Waals surface area contributed by atoms with Crippen molar-refractivity contribution in [3.63, 3.8) is 0 Å². The number of piperazine rings is 1. The zero-order valence-electron chi connectivity index (χ0n) is 18.4. The van der Waals surface area contributed by atoms with E-state index in [0.29, 0.717) is 6.61 Å². The van der Waals surface area contributed by atoms with Gasteiger partial charge in [0.25, 0.3) is 0 Å². The van der Waals surface area contributed by atoms with Crippen LogP contribution in [-0.4, -0.2) is 72.0 Å². The molecule has 2 fully saturated rings. The molecule has 3 aliphatic rings. The van der Waals surface area contributed by atoms with Crippen molar-refractivity contribution in [1.29, 1.82) is 0 Å². The number of nitrogens with zero attached hydrogens (tertiary/aromatic N) is 4. The Kier molecular flexibility index (Phi) is 5.40. The van der Waals surface area contributed by atoms with E-state index in [4.69, 9.17) is 9.37 Å². The molecule has 0 spiro atoms. The van der Waals surface area contributed by atoms with Crippen LogP contribution in [0.5, 0.6) is 0 Å². The minimum absolute atomic E-state index is 0.124. The van der Waals surface area contributed by atoms with Crippen LogP contribution < -0.4 is 0 Å². The molecule has 164 valence electrons.